The Morgan fingerprint density at radius 3 is 2.70 bits per heavy atom. The van der Waals surface area contributed by atoms with Crippen molar-refractivity contribution in [3.63, 3.8) is 0 Å². The molecule has 112 valence electrons. The van der Waals surface area contributed by atoms with Crippen molar-refractivity contribution in [2.24, 2.45) is 5.41 Å². The third-order valence-corrected chi connectivity index (χ3v) is 3.82. The molecule has 0 fully saturated rings. The van der Waals surface area contributed by atoms with Crippen LogP contribution in [-0.4, -0.2) is 17.6 Å². The molecule has 0 saturated heterocycles. The second kappa shape index (κ2) is 7.74. The Morgan fingerprint density at radius 1 is 1.40 bits per heavy atom. The summed E-state index contributed by atoms with van der Waals surface area (Å²) < 4.78 is 14.3. The first kappa shape index (κ1) is 17.1. The Balaban J connectivity index is 2.32. The summed E-state index contributed by atoms with van der Waals surface area (Å²) in [5.41, 5.74) is 0.612. The largest absolute Gasteiger partial charge is 0.481 e. The maximum Gasteiger partial charge on any atom is 0.303 e. The van der Waals surface area contributed by atoms with Crippen LogP contribution in [0.2, 0.25) is 0 Å². The molecule has 0 aliphatic heterocycles. The van der Waals surface area contributed by atoms with Gasteiger partial charge in [0.2, 0.25) is 0 Å². The summed E-state index contributed by atoms with van der Waals surface area (Å²) >= 11 is 3.22. The lowest BCUT2D eigenvalue weighted by atomic mass is 9.84. The molecule has 3 nitrogen and oxygen atoms in total. The van der Waals surface area contributed by atoms with E-state index in [0.717, 1.165) is 17.4 Å². The van der Waals surface area contributed by atoms with E-state index in [0.29, 0.717) is 18.5 Å². The Bertz CT molecular complexity index is 463. The van der Waals surface area contributed by atoms with Crippen molar-refractivity contribution in [1.82, 2.24) is 5.32 Å². The predicted octanol–water partition coefficient (Wildman–Crippen LogP) is 3.96. The summed E-state index contributed by atoms with van der Waals surface area (Å²) in [5, 5.41) is 11.9. The fraction of sp³-hybridized carbons (Fsp3) is 0.533. The highest BCUT2D eigenvalue weighted by Crippen LogP contribution is 2.26. The molecule has 0 aromatic heterocycles. The standard InChI is InChI=1S/C15H21BrFNO2/c1-15(2,6-5-14(19)20)7-8-18-10-11-3-4-12(16)9-13(11)17/h3-4,9,18H,5-8,10H2,1-2H3,(H,19,20). The highest BCUT2D eigenvalue weighted by molar-refractivity contribution is 9.10. The minimum atomic E-state index is -0.761. The Kier molecular flexibility index (Phi) is 6.62. The number of carboxylic acids is 1. The molecule has 0 amide bonds. The highest BCUT2D eigenvalue weighted by atomic mass is 79.9. The van der Waals surface area contributed by atoms with Gasteiger partial charge in [-0.3, -0.25) is 4.79 Å². The van der Waals surface area contributed by atoms with E-state index in [4.69, 9.17) is 5.11 Å². The quantitative estimate of drug-likeness (QED) is 0.701. The van der Waals surface area contributed by atoms with Gasteiger partial charge in [0.05, 0.1) is 0 Å². The lowest BCUT2D eigenvalue weighted by Gasteiger charge is -2.23. The van der Waals surface area contributed by atoms with Crippen molar-refractivity contribution in [2.45, 2.75) is 39.7 Å². The summed E-state index contributed by atoms with van der Waals surface area (Å²) in [5.74, 6) is -0.986. The topological polar surface area (TPSA) is 49.3 Å². The molecule has 0 unspecified atom stereocenters. The normalized spacial score (nSPS) is 11.6. The predicted molar refractivity (Wildman–Crippen MR) is 81.1 cm³/mol. The Labute approximate surface area is 127 Å². The van der Waals surface area contributed by atoms with Crippen LogP contribution in [0.3, 0.4) is 0 Å². The number of rotatable bonds is 8. The number of aliphatic carboxylic acids is 1. The van der Waals surface area contributed by atoms with Crippen LogP contribution in [0.4, 0.5) is 4.39 Å². The number of hydrogen-bond donors (Lipinski definition) is 2. The van der Waals surface area contributed by atoms with Gasteiger partial charge >= 0.3 is 5.97 Å². The zero-order valence-corrected chi connectivity index (χ0v) is 13.5. The van der Waals surface area contributed by atoms with Gasteiger partial charge in [-0.15, -0.1) is 0 Å². The van der Waals surface area contributed by atoms with E-state index in [1.54, 1.807) is 6.07 Å². The van der Waals surface area contributed by atoms with Crippen molar-refractivity contribution in [1.29, 1.82) is 0 Å². The second-order valence-electron chi connectivity index (χ2n) is 5.72. The van der Waals surface area contributed by atoms with Gasteiger partial charge in [-0.05, 0) is 36.9 Å². The SMILES string of the molecule is CC(C)(CCNCc1ccc(Br)cc1F)CCC(=O)O. The first-order valence-corrected chi connectivity index (χ1v) is 7.46. The number of carboxylic acid groups (broad SMARTS) is 1. The molecular formula is C15H21BrFNO2. The number of hydrogen-bond acceptors (Lipinski definition) is 2. The summed E-state index contributed by atoms with van der Waals surface area (Å²) in [7, 11) is 0. The molecule has 1 rings (SSSR count). The zero-order chi connectivity index (χ0) is 15.2. The first-order chi connectivity index (χ1) is 9.30. The Hall–Kier alpha value is -0.940. The van der Waals surface area contributed by atoms with Crippen LogP contribution in [0.25, 0.3) is 0 Å². The molecule has 0 atom stereocenters. The van der Waals surface area contributed by atoms with Crippen LogP contribution < -0.4 is 5.32 Å². The average Bonchev–Trinajstić information content (AvgIpc) is 2.34. The molecule has 1 aromatic rings. The monoisotopic (exact) mass is 345 g/mol. The first-order valence-electron chi connectivity index (χ1n) is 6.67. The molecule has 1 aromatic carbocycles. The van der Waals surface area contributed by atoms with Crippen molar-refractivity contribution >= 4 is 21.9 Å². The van der Waals surface area contributed by atoms with Crippen molar-refractivity contribution in [3.8, 4) is 0 Å². The maximum absolute atomic E-state index is 13.6. The van der Waals surface area contributed by atoms with Crippen LogP contribution in [-0.2, 0) is 11.3 Å². The third kappa shape index (κ3) is 6.48. The molecular weight excluding hydrogens is 325 g/mol. The van der Waals surface area contributed by atoms with Crippen molar-refractivity contribution < 1.29 is 14.3 Å². The number of halogens is 2. The molecule has 0 heterocycles. The molecule has 0 spiro atoms. The third-order valence-electron chi connectivity index (χ3n) is 3.32. The summed E-state index contributed by atoms with van der Waals surface area (Å²) in [6.45, 7) is 5.33. The van der Waals surface area contributed by atoms with Gasteiger partial charge in [-0.2, -0.15) is 0 Å². The van der Waals surface area contributed by atoms with Gasteiger partial charge in [0.25, 0.3) is 0 Å². The molecule has 0 bridgehead atoms. The number of carbonyl (C=O) groups is 1. The zero-order valence-electron chi connectivity index (χ0n) is 11.9. The van der Waals surface area contributed by atoms with Crippen LogP contribution in [0.1, 0.15) is 38.7 Å². The number of nitrogens with one attached hydrogen (secondary N) is 1. The minimum Gasteiger partial charge on any atom is -0.481 e. The number of benzene rings is 1. The molecule has 0 saturated carbocycles. The average molecular weight is 346 g/mol. The smallest absolute Gasteiger partial charge is 0.303 e. The van der Waals surface area contributed by atoms with Gasteiger partial charge < -0.3 is 10.4 Å². The van der Waals surface area contributed by atoms with E-state index in [1.807, 2.05) is 6.07 Å². The highest BCUT2D eigenvalue weighted by Gasteiger charge is 2.18. The van der Waals surface area contributed by atoms with E-state index >= 15 is 0 Å². The van der Waals surface area contributed by atoms with Crippen LogP contribution in [0.15, 0.2) is 22.7 Å². The summed E-state index contributed by atoms with van der Waals surface area (Å²) in [6.07, 6.45) is 1.70. The molecule has 0 aliphatic rings. The van der Waals surface area contributed by atoms with Gasteiger partial charge in [0, 0.05) is 23.0 Å². The molecule has 20 heavy (non-hydrogen) atoms. The minimum absolute atomic E-state index is 0.0242. The van der Waals surface area contributed by atoms with E-state index in [9.17, 15) is 9.18 Å². The van der Waals surface area contributed by atoms with E-state index in [-0.39, 0.29) is 17.7 Å². The fourth-order valence-electron chi connectivity index (χ4n) is 1.89. The summed E-state index contributed by atoms with van der Waals surface area (Å²) in [4.78, 5) is 10.6. The molecule has 5 heteroatoms. The summed E-state index contributed by atoms with van der Waals surface area (Å²) in [6, 6.07) is 5.02. The van der Waals surface area contributed by atoms with E-state index in [2.05, 4.69) is 35.1 Å². The van der Waals surface area contributed by atoms with Crippen LogP contribution >= 0.6 is 15.9 Å². The van der Waals surface area contributed by atoms with E-state index in [1.165, 1.54) is 6.07 Å². The second-order valence-corrected chi connectivity index (χ2v) is 6.64. The van der Waals surface area contributed by atoms with Gasteiger partial charge in [0.15, 0.2) is 0 Å². The molecule has 0 radical (unpaired) electrons. The van der Waals surface area contributed by atoms with Crippen LogP contribution in [0, 0.1) is 11.2 Å². The van der Waals surface area contributed by atoms with Gasteiger partial charge in [-0.25, -0.2) is 4.39 Å². The Morgan fingerprint density at radius 2 is 2.10 bits per heavy atom. The fourth-order valence-corrected chi connectivity index (χ4v) is 2.22. The van der Waals surface area contributed by atoms with E-state index < -0.39 is 5.97 Å². The van der Waals surface area contributed by atoms with Gasteiger partial charge in [0.1, 0.15) is 5.82 Å². The lowest BCUT2D eigenvalue weighted by molar-refractivity contribution is -0.137. The molecule has 0 aliphatic carbocycles. The van der Waals surface area contributed by atoms with Crippen molar-refractivity contribution in [2.75, 3.05) is 6.54 Å². The van der Waals surface area contributed by atoms with Crippen molar-refractivity contribution in [3.05, 3.63) is 34.1 Å². The maximum atomic E-state index is 13.6. The molecule has 2 N–H and O–H groups in total. The van der Waals surface area contributed by atoms with Gasteiger partial charge in [-0.1, -0.05) is 35.8 Å². The lowest BCUT2D eigenvalue weighted by Crippen LogP contribution is -2.23. The van der Waals surface area contributed by atoms with Crippen LogP contribution in [0.5, 0.6) is 0 Å².